The number of ketones is 1. The maximum absolute atomic E-state index is 12.6. The highest BCUT2D eigenvalue weighted by Gasteiger charge is 2.22. The molecule has 2 rings (SSSR count). The van der Waals surface area contributed by atoms with E-state index in [4.69, 9.17) is 5.11 Å². The Hall–Kier alpha value is -3.02. The molecular formula is C16H15NO5. The second-order valence-electron chi connectivity index (χ2n) is 4.93. The van der Waals surface area contributed by atoms with Gasteiger partial charge in [-0.2, -0.15) is 0 Å². The summed E-state index contributed by atoms with van der Waals surface area (Å²) in [5.74, 6) is -2.44. The summed E-state index contributed by atoms with van der Waals surface area (Å²) >= 11 is 0. The van der Waals surface area contributed by atoms with Gasteiger partial charge in [0.25, 0.3) is 0 Å². The molecular weight excluding hydrogens is 286 g/mol. The number of hydrogen-bond acceptors (Lipinski definition) is 5. The quantitative estimate of drug-likeness (QED) is 0.748. The molecule has 0 fully saturated rings. The van der Waals surface area contributed by atoms with Crippen LogP contribution in [0.3, 0.4) is 0 Å². The number of carbonyl (C=O) groups is 2. The summed E-state index contributed by atoms with van der Waals surface area (Å²) in [5.41, 5.74) is 0.0937. The minimum absolute atomic E-state index is 0.0271. The molecule has 6 heteroatoms. The van der Waals surface area contributed by atoms with E-state index in [1.54, 1.807) is 25.1 Å². The lowest BCUT2D eigenvalue weighted by Crippen LogP contribution is -2.12. The Balaban J connectivity index is 2.60. The summed E-state index contributed by atoms with van der Waals surface area (Å²) < 4.78 is 0. The average molecular weight is 301 g/mol. The van der Waals surface area contributed by atoms with Gasteiger partial charge in [0.2, 0.25) is 0 Å². The number of phenols is 2. The standard InChI is InChI=1S/C16H15NO5/c1-17(2)12-7-11(13(18)8-14(12)19)15(20)9-5-3-4-6-10(9)16(21)22/h3-8,18-19H,1-2H3,(H,21,22). The van der Waals surface area contributed by atoms with Crippen LogP contribution in [0, 0.1) is 0 Å². The van der Waals surface area contributed by atoms with Crippen molar-refractivity contribution in [3.63, 3.8) is 0 Å². The molecule has 0 aliphatic rings. The van der Waals surface area contributed by atoms with Crippen LogP contribution in [0.2, 0.25) is 0 Å². The van der Waals surface area contributed by atoms with E-state index < -0.39 is 17.5 Å². The SMILES string of the molecule is CN(C)c1cc(C(=O)c2ccccc2C(=O)O)c(O)cc1O. The van der Waals surface area contributed by atoms with E-state index in [-0.39, 0.29) is 22.4 Å². The zero-order valence-corrected chi connectivity index (χ0v) is 12.1. The number of carboxylic acid groups (broad SMARTS) is 1. The maximum Gasteiger partial charge on any atom is 0.336 e. The van der Waals surface area contributed by atoms with E-state index in [2.05, 4.69) is 0 Å². The Morgan fingerprint density at radius 2 is 1.50 bits per heavy atom. The van der Waals surface area contributed by atoms with Crippen molar-refractivity contribution in [1.82, 2.24) is 0 Å². The van der Waals surface area contributed by atoms with Gasteiger partial charge in [-0.25, -0.2) is 4.79 Å². The number of carboxylic acids is 1. The molecule has 0 heterocycles. The summed E-state index contributed by atoms with van der Waals surface area (Å²) in [6.45, 7) is 0. The fourth-order valence-corrected chi connectivity index (χ4v) is 2.12. The predicted octanol–water partition coefficient (Wildman–Crippen LogP) is 2.09. The number of aromatic hydroxyl groups is 2. The van der Waals surface area contributed by atoms with E-state index >= 15 is 0 Å². The molecule has 0 amide bonds. The molecule has 0 atom stereocenters. The van der Waals surface area contributed by atoms with Crippen LogP contribution < -0.4 is 4.90 Å². The first kappa shape index (κ1) is 15.4. The molecule has 0 aliphatic carbocycles. The van der Waals surface area contributed by atoms with Crippen molar-refractivity contribution in [1.29, 1.82) is 0 Å². The summed E-state index contributed by atoms with van der Waals surface area (Å²) in [6.07, 6.45) is 0. The predicted molar refractivity (Wildman–Crippen MR) is 80.9 cm³/mol. The van der Waals surface area contributed by atoms with E-state index in [1.165, 1.54) is 24.3 Å². The van der Waals surface area contributed by atoms with E-state index in [1.807, 2.05) is 0 Å². The molecule has 0 spiro atoms. The van der Waals surface area contributed by atoms with Crippen LogP contribution in [0.4, 0.5) is 5.69 Å². The lowest BCUT2D eigenvalue weighted by atomic mass is 9.97. The highest BCUT2D eigenvalue weighted by Crippen LogP contribution is 2.34. The van der Waals surface area contributed by atoms with Crippen molar-refractivity contribution in [2.24, 2.45) is 0 Å². The van der Waals surface area contributed by atoms with Crippen LogP contribution in [0.1, 0.15) is 26.3 Å². The summed E-state index contributed by atoms with van der Waals surface area (Å²) in [6, 6.07) is 8.15. The number of anilines is 1. The van der Waals surface area contributed by atoms with Gasteiger partial charge in [0, 0.05) is 25.7 Å². The number of aromatic carboxylic acids is 1. The third-order valence-electron chi connectivity index (χ3n) is 3.22. The normalized spacial score (nSPS) is 10.3. The molecule has 0 unspecified atom stereocenters. The van der Waals surface area contributed by atoms with Gasteiger partial charge in [-0.3, -0.25) is 4.79 Å². The third-order valence-corrected chi connectivity index (χ3v) is 3.22. The van der Waals surface area contributed by atoms with Crippen molar-refractivity contribution in [2.75, 3.05) is 19.0 Å². The second kappa shape index (κ2) is 5.77. The Bertz CT molecular complexity index is 752. The van der Waals surface area contributed by atoms with E-state index in [0.29, 0.717) is 5.69 Å². The van der Waals surface area contributed by atoms with Gasteiger partial charge in [-0.1, -0.05) is 18.2 Å². The molecule has 2 aromatic carbocycles. The minimum Gasteiger partial charge on any atom is -0.507 e. The molecule has 0 bridgehead atoms. The number of hydrogen-bond donors (Lipinski definition) is 3. The Morgan fingerprint density at radius 3 is 2.05 bits per heavy atom. The van der Waals surface area contributed by atoms with Gasteiger partial charge in [0.1, 0.15) is 11.5 Å². The lowest BCUT2D eigenvalue weighted by molar-refractivity contribution is 0.0692. The first-order valence-corrected chi connectivity index (χ1v) is 6.43. The Morgan fingerprint density at radius 1 is 0.909 bits per heavy atom. The fourth-order valence-electron chi connectivity index (χ4n) is 2.12. The highest BCUT2D eigenvalue weighted by atomic mass is 16.4. The van der Waals surface area contributed by atoms with Crippen LogP contribution in [0.15, 0.2) is 36.4 Å². The molecule has 3 N–H and O–H groups in total. The van der Waals surface area contributed by atoms with Crippen molar-refractivity contribution < 1.29 is 24.9 Å². The van der Waals surface area contributed by atoms with Gasteiger partial charge < -0.3 is 20.2 Å². The average Bonchev–Trinajstić information content (AvgIpc) is 2.46. The number of benzene rings is 2. The lowest BCUT2D eigenvalue weighted by Gasteiger charge is -2.16. The molecule has 0 radical (unpaired) electrons. The van der Waals surface area contributed by atoms with Crippen LogP contribution in [0.5, 0.6) is 11.5 Å². The van der Waals surface area contributed by atoms with Crippen molar-refractivity contribution in [2.45, 2.75) is 0 Å². The van der Waals surface area contributed by atoms with E-state index in [9.17, 15) is 19.8 Å². The van der Waals surface area contributed by atoms with Crippen molar-refractivity contribution >= 4 is 17.4 Å². The molecule has 0 saturated heterocycles. The molecule has 6 nitrogen and oxygen atoms in total. The Kier molecular flexibility index (Phi) is 4.03. The first-order valence-electron chi connectivity index (χ1n) is 6.43. The zero-order valence-electron chi connectivity index (χ0n) is 12.1. The van der Waals surface area contributed by atoms with E-state index in [0.717, 1.165) is 6.07 Å². The molecule has 2 aromatic rings. The highest BCUT2D eigenvalue weighted by molar-refractivity contribution is 6.15. The second-order valence-corrected chi connectivity index (χ2v) is 4.93. The first-order chi connectivity index (χ1) is 10.3. The molecule has 0 aliphatic heterocycles. The molecule has 0 saturated carbocycles. The van der Waals surface area contributed by atoms with Gasteiger partial charge in [0.15, 0.2) is 5.78 Å². The van der Waals surface area contributed by atoms with Gasteiger partial charge in [-0.05, 0) is 12.1 Å². The number of nitrogens with zero attached hydrogens (tertiary/aromatic N) is 1. The minimum atomic E-state index is -1.23. The smallest absolute Gasteiger partial charge is 0.336 e. The monoisotopic (exact) mass is 301 g/mol. The number of rotatable bonds is 4. The van der Waals surface area contributed by atoms with Crippen molar-refractivity contribution in [3.8, 4) is 11.5 Å². The topological polar surface area (TPSA) is 98.1 Å². The summed E-state index contributed by atoms with van der Waals surface area (Å²) in [7, 11) is 3.34. The van der Waals surface area contributed by atoms with Gasteiger partial charge >= 0.3 is 5.97 Å². The summed E-state index contributed by atoms with van der Waals surface area (Å²) in [5, 5.41) is 28.8. The van der Waals surface area contributed by atoms with Crippen LogP contribution in [-0.2, 0) is 0 Å². The number of carbonyl (C=O) groups excluding carboxylic acids is 1. The van der Waals surface area contributed by atoms with Crippen LogP contribution in [0.25, 0.3) is 0 Å². The largest absolute Gasteiger partial charge is 0.507 e. The number of phenolic OH excluding ortho intramolecular Hbond substituents is 2. The van der Waals surface area contributed by atoms with Gasteiger partial charge in [-0.15, -0.1) is 0 Å². The molecule has 114 valence electrons. The zero-order chi connectivity index (χ0) is 16.4. The van der Waals surface area contributed by atoms with Crippen LogP contribution >= 0.6 is 0 Å². The van der Waals surface area contributed by atoms with Crippen molar-refractivity contribution in [3.05, 3.63) is 53.1 Å². The summed E-state index contributed by atoms with van der Waals surface area (Å²) in [4.78, 5) is 25.3. The fraction of sp³-hybridized carbons (Fsp3) is 0.125. The molecule has 0 aromatic heterocycles. The molecule has 22 heavy (non-hydrogen) atoms. The maximum atomic E-state index is 12.6. The third kappa shape index (κ3) is 2.71. The van der Waals surface area contributed by atoms with Gasteiger partial charge in [0.05, 0.1) is 16.8 Å². The Labute approximate surface area is 126 Å². The van der Waals surface area contributed by atoms with Crippen LogP contribution in [-0.4, -0.2) is 41.2 Å².